The minimum Gasteiger partial charge on any atom is -0.308 e. The lowest BCUT2D eigenvalue weighted by atomic mass is 10.0. The number of sulfonamides is 1. The predicted molar refractivity (Wildman–Crippen MR) is 132 cm³/mol. The fourth-order valence-electron chi connectivity index (χ4n) is 4.22. The van der Waals surface area contributed by atoms with Crippen LogP contribution in [0.3, 0.4) is 0 Å². The van der Waals surface area contributed by atoms with Crippen molar-refractivity contribution < 1.29 is 13.2 Å². The Morgan fingerprint density at radius 1 is 1.03 bits per heavy atom. The van der Waals surface area contributed by atoms with E-state index in [-0.39, 0.29) is 16.8 Å². The normalized spacial score (nSPS) is 14.5. The molecule has 0 saturated heterocycles. The molecule has 4 rings (SSSR count). The number of nitrogens with zero attached hydrogens (tertiary/aromatic N) is 1. The number of rotatable bonds is 7. The van der Waals surface area contributed by atoms with Crippen LogP contribution >= 0.6 is 0 Å². The number of anilines is 1. The van der Waals surface area contributed by atoms with Crippen LogP contribution in [0.1, 0.15) is 46.8 Å². The third-order valence-corrected chi connectivity index (χ3v) is 7.68. The summed E-state index contributed by atoms with van der Waals surface area (Å²) in [6.45, 7) is 4.50. The monoisotopic (exact) mass is 462 g/mol. The zero-order valence-corrected chi connectivity index (χ0v) is 19.9. The summed E-state index contributed by atoms with van der Waals surface area (Å²) in [6, 6.07) is 22.5. The second kappa shape index (κ2) is 9.89. The summed E-state index contributed by atoms with van der Waals surface area (Å²) in [5.41, 5.74) is 4.62. The first-order valence-electron chi connectivity index (χ1n) is 11.4. The van der Waals surface area contributed by atoms with Gasteiger partial charge in [-0.3, -0.25) is 4.79 Å². The van der Waals surface area contributed by atoms with Crippen LogP contribution in [-0.4, -0.2) is 26.9 Å². The van der Waals surface area contributed by atoms with Gasteiger partial charge in [0.25, 0.3) is 5.91 Å². The van der Waals surface area contributed by atoms with Crippen LogP contribution in [-0.2, 0) is 22.9 Å². The van der Waals surface area contributed by atoms with Gasteiger partial charge in [-0.25, -0.2) is 13.1 Å². The van der Waals surface area contributed by atoms with Gasteiger partial charge in [0.05, 0.1) is 4.90 Å². The Hall–Kier alpha value is -2.96. The highest BCUT2D eigenvalue weighted by Gasteiger charge is 2.26. The van der Waals surface area contributed by atoms with Gasteiger partial charge in [0.2, 0.25) is 10.0 Å². The second-order valence-corrected chi connectivity index (χ2v) is 10.5. The molecule has 1 aliphatic rings. The van der Waals surface area contributed by atoms with Crippen molar-refractivity contribution in [2.24, 2.45) is 0 Å². The van der Waals surface area contributed by atoms with E-state index >= 15 is 0 Å². The number of benzene rings is 3. The molecular formula is C27H30N2O3S. The van der Waals surface area contributed by atoms with Crippen molar-refractivity contribution in [3.05, 3.63) is 95.1 Å². The summed E-state index contributed by atoms with van der Waals surface area (Å²) in [6.07, 6.45) is 3.08. The Morgan fingerprint density at radius 3 is 2.48 bits per heavy atom. The molecule has 0 aromatic heterocycles. The van der Waals surface area contributed by atoms with E-state index in [4.69, 9.17) is 0 Å². The highest BCUT2D eigenvalue weighted by atomic mass is 32.2. The number of fused-ring (bicyclic) bond motifs is 1. The number of nitrogens with one attached hydrogen (secondary N) is 1. The third-order valence-electron chi connectivity index (χ3n) is 6.09. The number of hydrogen-bond acceptors (Lipinski definition) is 3. The van der Waals surface area contributed by atoms with Crippen LogP contribution in [0.15, 0.2) is 77.7 Å². The second-order valence-electron chi connectivity index (χ2n) is 8.76. The lowest BCUT2D eigenvalue weighted by Crippen LogP contribution is -2.36. The SMILES string of the molecule is Cc1ccc(C(=O)N2CCCc3cc(S(=O)(=O)NC(C)CCc4ccccc4)ccc32)cc1. The molecule has 1 heterocycles. The zero-order valence-electron chi connectivity index (χ0n) is 19.1. The van der Waals surface area contributed by atoms with E-state index in [1.807, 2.05) is 68.4 Å². The number of carbonyl (C=O) groups is 1. The Morgan fingerprint density at radius 2 is 1.76 bits per heavy atom. The molecule has 33 heavy (non-hydrogen) atoms. The molecule has 1 N–H and O–H groups in total. The molecule has 0 bridgehead atoms. The van der Waals surface area contributed by atoms with Crippen molar-refractivity contribution in [1.82, 2.24) is 4.72 Å². The smallest absolute Gasteiger partial charge is 0.258 e. The van der Waals surface area contributed by atoms with Gasteiger partial charge in [-0.15, -0.1) is 0 Å². The van der Waals surface area contributed by atoms with Crippen molar-refractivity contribution in [3.63, 3.8) is 0 Å². The van der Waals surface area contributed by atoms with Crippen LogP contribution in [0.25, 0.3) is 0 Å². The summed E-state index contributed by atoms with van der Waals surface area (Å²) in [5, 5.41) is 0. The Balaban J connectivity index is 1.48. The average molecular weight is 463 g/mol. The molecule has 0 saturated carbocycles. The summed E-state index contributed by atoms with van der Waals surface area (Å²) >= 11 is 0. The van der Waals surface area contributed by atoms with Crippen molar-refractivity contribution in [2.45, 2.75) is 50.5 Å². The van der Waals surface area contributed by atoms with E-state index < -0.39 is 10.0 Å². The largest absolute Gasteiger partial charge is 0.308 e. The van der Waals surface area contributed by atoms with Crippen LogP contribution in [0.2, 0.25) is 0 Å². The molecule has 1 amide bonds. The molecule has 0 aliphatic carbocycles. The molecule has 0 spiro atoms. The summed E-state index contributed by atoms with van der Waals surface area (Å²) in [4.78, 5) is 15.1. The Labute approximate surface area is 196 Å². The van der Waals surface area contributed by atoms with E-state index in [1.165, 1.54) is 5.56 Å². The highest BCUT2D eigenvalue weighted by molar-refractivity contribution is 7.89. The molecule has 172 valence electrons. The molecule has 1 atom stereocenters. The van der Waals surface area contributed by atoms with Gasteiger partial charge in [-0.2, -0.15) is 0 Å². The molecule has 3 aromatic carbocycles. The lowest BCUT2D eigenvalue weighted by molar-refractivity contribution is 0.0985. The van der Waals surface area contributed by atoms with Gasteiger partial charge in [0, 0.05) is 23.8 Å². The maximum Gasteiger partial charge on any atom is 0.258 e. The van der Waals surface area contributed by atoms with Gasteiger partial charge in [0.1, 0.15) is 0 Å². The van der Waals surface area contributed by atoms with E-state index in [0.29, 0.717) is 18.5 Å². The molecule has 0 radical (unpaired) electrons. The Kier molecular flexibility index (Phi) is 6.96. The quantitative estimate of drug-likeness (QED) is 0.544. The van der Waals surface area contributed by atoms with Gasteiger partial charge < -0.3 is 4.90 Å². The van der Waals surface area contributed by atoms with E-state index in [9.17, 15) is 13.2 Å². The summed E-state index contributed by atoms with van der Waals surface area (Å²) < 4.78 is 28.8. The first kappa shape index (κ1) is 23.2. The standard InChI is InChI=1S/C27H30N2O3S/c1-20-10-14-23(15-11-20)27(30)29-18-6-9-24-19-25(16-17-26(24)29)33(31,32)28-21(2)12-13-22-7-4-3-5-8-22/h3-5,7-8,10-11,14-17,19,21,28H,6,9,12-13,18H2,1-2H3. The predicted octanol–water partition coefficient (Wildman–Crippen LogP) is 4.89. The zero-order chi connectivity index (χ0) is 23.4. The van der Waals surface area contributed by atoms with Crippen LogP contribution < -0.4 is 9.62 Å². The molecular weight excluding hydrogens is 432 g/mol. The third kappa shape index (κ3) is 5.52. The highest BCUT2D eigenvalue weighted by Crippen LogP contribution is 2.31. The van der Waals surface area contributed by atoms with Crippen LogP contribution in [0, 0.1) is 6.92 Å². The van der Waals surface area contributed by atoms with Crippen molar-refractivity contribution in [1.29, 1.82) is 0 Å². The maximum absolute atomic E-state index is 13.1. The fraction of sp³-hybridized carbons (Fsp3) is 0.296. The molecule has 1 aliphatic heterocycles. The maximum atomic E-state index is 13.1. The Bertz CT molecular complexity index is 1220. The summed E-state index contributed by atoms with van der Waals surface area (Å²) in [5.74, 6) is -0.0563. The molecule has 0 fully saturated rings. The van der Waals surface area contributed by atoms with E-state index in [1.54, 1.807) is 23.1 Å². The average Bonchev–Trinajstić information content (AvgIpc) is 2.82. The number of aryl methyl sites for hydroxylation is 3. The summed E-state index contributed by atoms with van der Waals surface area (Å²) in [7, 11) is -3.65. The molecule has 1 unspecified atom stereocenters. The molecule has 6 heteroatoms. The lowest BCUT2D eigenvalue weighted by Gasteiger charge is -2.30. The number of amides is 1. The number of carbonyl (C=O) groups excluding carboxylic acids is 1. The van der Waals surface area contributed by atoms with Crippen LogP contribution in [0.5, 0.6) is 0 Å². The van der Waals surface area contributed by atoms with E-state index in [0.717, 1.165) is 36.1 Å². The fourth-order valence-corrected chi connectivity index (χ4v) is 5.55. The first-order valence-corrected chi connectivity index (χ1v) is 12.9. The van der Waals surface area contributed by atoms with Crippen LogP contribution in [0.4, 0.5) is 5.69 Å². The van der Waals surface area contributed by atoms with Crippen molar-refractivity contribution >= 4 is 21.6 Å². The van der Waals surface area contributed by atoms with Gasteiger partial charge >= 0.3 is 0 Å². The minimum atomic E-state index is -3.65. The van der Waals surface area contributed by atoms with Gasteiger partial charge in [0.15, 0.2) is 0 Å². The first-order chi connectivity index (χ1) is 15.8. The van der Waals surface area contributed by atoms with Crippen molar-refractivity contribution in [2.75, 3.05) is 11.4 Å². The van der Waals surface area contributed by atoms with Gasteiger partial charge in [-0.1, -0.05) is 48.0 Å². The molecule has 3 aromatic rings. The van der Waals surface area contributed by atoms with Gasteiger partial charge in [-0.05, 0) is 81.0 Å². The van der Waals surface area contributed by atoms with Crippen molar-refractivity contribution in [3.8, 4) is 0 Å². The number of hydrogen-bond donors (Lipinski definition) is 1. The minimum absolute atomic E-state index is 0.0563. The topological polar surface area (TPSA) is 66.5 Å². The van der Waals surface area contributed by atoms with E-state index in [2.05, 4.69) is 4.72 Å². The molecule has 5 nitrogen and oxygen atoms in total.